The highest BCUT2D eigenvalue weighted by Gasteiger charge is 2.20. The molecule has 0 amide bonds. The fourth-order valence-electron chi connectivity index (χ4n) is 0.944. The van der Waals surface area contributed by atoms with Crippen molar-refractivity contribution in [3.05, 3.63) is 11.8 Å². The van der Waals surface area contributed by atoms with Gasteiger partial charge in [0, 0.05) is 5.57 Å². The number of carboxylic acid groups (broad SMARTS) is 1. The first-order valence-corrected chi connectivity index (χ1v) is 3.43. The van der Waals surface area contributed by atoms with E-state index in [0.717, 1.165) is 6.42 Å². The third-order valence-electron chi connectivity index (χ3n) is 1.55. The van der Waals surface area contributed by atoms with Gasteiger partial charge in [0.15, 0.2) is 6.10 Å². The molecule has 4 nitrogen and oxygen atoms in total. The Labute approximate surface area is 64.1 Å². The van der Waals surface area contributed by atoms with E-state index in [1.165, 1.54) is 6.26 Å². The van der Waals surface area contributed by atoms with Gasteiger partial charge in [-0.25, -0.2) is 4.79 Å². The van der Waals surface area contributed by atoms with Crippen LogP contribution in [0.1, 0.15) is 12.8 Å². The van der Waals surface area contributed by atoms with Crippen LogP contribution in [0.25, 0.3) is 0 Å². The molecule has 0 aliphatic carbocycles. The quantitative estimate of drug-likeness (QED) is 0.599. The summed E-state index contributed by atoms with van der Waals surface area (Å²) in [5, 5.41) is 17.4. The van der Waals surface area contributed by atoms with E-state index < -0.39 is 12.1 Å². The third-order valence-corrected chi connectivity index (χ3v) is 1.55. The van der Waals surface area contributed by atoms with E-state index in [4.69, 9.17) is 14.9 Å². The van der Waals surface area contributed by atoms with Crippen molar-refractivity contribution in [3.63, 3.8) is 0 Å². The Hall–Kier alpha value is -1.03. The first-order chi connectivity index (χ1) is 5.22. The van der Waals surface area contributed by atoms with Gasteiger partial charge in [-0.1, -0.05) is 0 Å². The predicted octanol–water partition coefficient (Wildman–Crippen LogP) is 0.126. The molecule has 4 heteroatoms. The molecule has 0 saturated carbocycles. The summed E-state index contributed by atoms with van der Waals surface area (Å²) in [5.74, 6) is -1.22. The summed E-state index contributed by atoms with van der Waals surface area (Å²) >= 11 is 0. The molecule has 11 heavy (non-hydrogen) atoms. The van der Waals surface area contributed by atoms with Crippen LogP contribution in [0, 0.1) is 0 Å². The molecule has 0 aromatic heterocycles. The molecule has 0 fully saturated rings. The van der Waals surface area contributed by atoms with Gasteiger partial charge in [-0.2, -0.15) is 0 Å². The maximum atomic E-state index is 10.3. The lowest BCUT2D eigenvalue weighted by atomic mass is 10.1. The van der Waals surface area contributed by atoms with Crippen LogP contribution in [-0.2, 0) is 9.53 Å². The van der Waals surface area contributed by atoms with Crippen molar-refractivity contribution in [2.45, 2.75) is 18.9 Å². The number of aliphatic carboxylic acids is 1. The standard InChI is InChI=1S/C7H10O4/c8-6(7(9)10)5-2-1-3-11-4-5/h4,6,8H,1-3H2,(H,9,10). The second-order valence-corrected chi connectivity index (χ2v) is 2.41. The van der Waals surface area contributed by atoms with E-state index >= 15 is 0 Å². The van der Waals surface area contributed by atoms with Gasteiger partial charge in [0.25, 0.3) is 0 Å². The SMILES string of the molecule is O=C(O)C(O)C1=COCCC1. The van der Waals surface area contributed by atoms with Gasteiger partial charge in [-0.3, -0.25) is 0 Å². The Morgan fingerprint density at radius 3 is 2.91 bits per heavy atom. The van der Waals surface area contributed by atoms with Crippen molar-refractivity contribution in [2.75, 3.05) is 6.61 Å². The van der Waals surface area contributed by atoms with E-state index in [2.05, 4.69) is 0 Å². The highest BCUT2D eigenvalue weighted by atomic mass is 16.5. The van der Waals surface area contributed by atoms with Crippen molar-refractivity contribution in [1.82, 2.24) is 0 Å². The molecule has 0 spiro atoms. The lowest BCUT2D eigenvalue weighted by Crippen LogP contribution is -2.23. The first-order valence-electron chi connectivity index (χ1n) is 3.43. The molecule has 0 bridgehead atoms. The summed E-state index contributed by atoms with van der Waals surface area (Å²) in [6, 6.07) is 0. The van der Waals surface area contributed by atoms with Crippen LogP contribution in [0.4, 0.5) is 0 Å². The largest absolute Gasteiger partial charge is 0.501 e. The van der Waals surface area contributed by atoms with E-state index in [0.29, 0.717) is 18.6 Å². The number of hydrogen-bond donors (Lipinski definition) is 2. The third kappa shape index (κ3) is 1.94. The van der Waals surface area contributed by atoms with Crippen molar-refractivity contribution in [2.24, 2.45) is 0 Å². The number of ether oxygens (including phenoxy) is 1. The number of aliphatic hydroxyl groups excluding tert-OH is 1. The molecule has 0 saturated heterocycles. The minimum absolute atomic E-state index is 0.448. The molecule has 2 N–H and O–H groups in total. The van der Waals surface area contributed by atoms with Crippen LogP contribution >= 0.6 is 0 Å². The molecule has 1 heterocycles. The van der Waals surface area contributed by atoms with E-state index in [-0.39, 0.29) is 0 Å². The molecule has 1 aliphatic heterocycles. The topological polar surface area (TPSA) is 66.8 Å². The van der Waals surface area contributed by atoms with Crippen LogP contribution in [0.5, 0.6) is 0 Å². The molecular formula is C7H10O4. The fraction of sp³-hybridized carbons (Fsp3) is 0.571. The normalized spacial score (nSPS) is 19.9. The molecule has 1 rings (SSSR count). The Balaban J connectivity index is 2.58. The highest BCUT2D eigenvalue weighted by Crippen LogP contribution is 2.15. The smallest absolute Gasteiger partial charge is 0.336 e. The van der Waals surface area contributed by atoms with Crippen molar-refractivity contribution in [1.29, 1.82) is 0 Å². The van der Waals surface area contributed by atoms with Crippen molar-refractivity contribution < 1.29 is 19.7 Å². The van der Waals surface area contributed by atoms with Crippen LogP contribution < -0.4 is 0 Å². The summed E-state index contributed by atoms with van der Waals surface area (Å²) in [4.78, 5) is 10.3. The van der Waals surface area contributed by atoms with Gasteiger partial charge < -0.3 is 14.9 Å². The van der Waals surface area contributed by atoms with Gasteiger partial charge in [-0.15, -0.1) is 0 Å². The first kappa shape index (κ1) is 8.07. The number of carbonyl (C=O) groups is 1. The van der Waals surface area contributed by atoms with Gasteiger partial charge in [0.2, 0.25) is 0 Å². The Bertz CT molecular complexity index is 185. The van der Waals surface area contributed by atoms with Gasteiger partial charge in [-0.05, 0) is 12.8 Å². The zero-order chi connectivity index (χ0) is 8.27. The Morgan fingerprint density at radius 1 is 1.73 bits per heavy atom. The zero-order valence-electron chi connectivity index (χ0n) is 5.99. The monoisotopic (exact) mass is 158 g/mol. The minimum Gasteiger partial charge on any atom is -0.501 e. The molecule has 0 aromatic rings. The number of rotatable bonds is 2. The lowest BCUT2D eigenvalue weighted by Gasteiger charge is -2.15. The fourth-order valence-corrected chi connectivity index (χ4v) is 0.944. The molecule has 1 unspecified atom stereocenters. The van der Waals surface area contributed by atoms with Crippen LogP contribution in [0.3, 0.4) is 0 Å². The van der Waals surface area contributed by atoms with Crippen molar-refractivity contribution >= 4 is 5.97 Å². The molecule has 1 atom stereocenters. The summed E-state index contributed by atoms with van der Waals surface area (Å²) in [5.41, 5.74) is 0.448. The average Bonchev–Trinajstić information content (AvgIpc) is 2.05. The number of hydrogen-bond acceptors (Lipinski definition) is 3. The van der Waals surface area contributed by atoms with Crippen LogP contribution in [-0.4, -0.2) is 28.9 Å². The number of aliphatic hydroxyl groups is 1. The average molecular weight is 158 g/mol. The minimum atomic E-state index is -1.39. The molecule has 62 valence electrons. The summed E-state index contributed by atoms with van der Waals surface area (Å²) in [6.07, 6.45) is 1.32. The molecule has 0 aromatic carbocycles. The van der Waals surface area contributed by atoms with E-state index in [9.17, 15) is 4.79 Å². The molecule has 0 radical (unpaired) electrons. The van der Waals surface area contributed by atoms with E-state index in [1.807, 2.05) is 0 Å². The molecule has 1 aliphatic rings. The summed E-state index contributed by atoms with van der Waals surface area (Å²) in [6.45, 7) is 0.607. The van der Waals surface area contributed by atoms with Gasteiger partial charge in [0.05, 0.1) is 12.9 Å². The van der Waals surface area contributed by atoms with Crippen LogP contribution in [0.15, 0.2) is 11.8 Å². The second kappa shape index (κ2) is 3.39. The van der Waals surface area contributed by atoms with Gasteiger partial charge in [0.1, 0.15) is 0 Å². The summed E-state index contributed by atoms with van der Waals surface area (Å²) < 4.78 is 4.87. The summed E-state index contributed by atoms with van der Waals surface area (Å²) in [7, 11) is 0. The highest BCUT2D eigenvalue weighted by molar-refractivity contribution is 5.75. The van der Waals surface area contributed by atoms with E-state index in [1.54, 1.807) is 0 Å². The Morgan fingerprint density at radius 2 is 2.45 bits per heavy atom. The Kier molecular flexibility index (Phi) is 2.48. The van der Waals surface area contributed by atoms with Crippen LogP contribution in [0.2, 0.25) is 0 Å². The second-order valence-electron chi connectivity index (χ2n) is 2.41. The maximum absolute atomic E-state index is 10.3. The van der Waals surface area contributed by atoms with Crippen molar-refractivity contribution in [3.8, 4) is 0 Å². The number of carboxylic acids is 1. The lowest BCUT2D eigenvalue weighted by molar-refractivity contribution is -0.144. The van der Waals surface area contributed by atoms with Gasteiger partial charge >= 0.3 is 5.97 Å². The zero-order valence-corrected chi connectivity index (χ0v) is 5.99. The predicted molar refractivity (Wildman–Crippen MR) is 36.9 cm³/mol. The maximum Gasteiger partial charge on any atom is 0.336 e. The molecular weight excluding hydrogens is 148 g/mol.